The fourth-order valence-corrected chi connectivity index (χ4v) is 1.79. The Morgan fingerprint density at radius 2 is 1.94 bits per heavy atom. The topological polar surface area (TPSA) is 35.2 Å². The highest BCUT2D eigenvalue weighted by atomic mass is 19.1. The second-order valence-electron chi connectivity index (χ2n) is 4.20. The van der Waals surface area contributed by atoms with Gasteiger partial charge in [-0.15, -0.1) is 0 Å². The average Bonchev–Trinajstić information content (AvgIpc) is 2.32. The van der Waals surface area contributed by atoms with Gasteiger partial charge in [-0.2, -0.15) is 0 Å². The van der Waals surface area contributed by atoms with E-state index in [-0.39, 0.29) is 5.82 Å². The van der Waals surface area contributed by atoms with Crippen molar-refractivity contribution in [3.63, 3.8) is 0 Å². The quantitative estimate of drug-likeness (QED) is 0.895. The molecule has 18 heavy (non-hydrogen) atoms. The Morgan fingerprint density at radius 1 is 1.17 bits per heavy atom. The number of rotatable bonds is 4. The van der Waals surface area contributed by atoms with Crippen LogP contribution in [0.3, 0.4) is 0 Å². The number of hydrogen-bond acceptors (Lipinski definition) is 2. The van der Waals surface area contributed by atoms with Crippen LogP contribution in [0.1, 0.15) is 11.1 Å². The van der Waals surface area contributed by atoms with E-state index < -0.39 is 0 Å². The molecule has 2 aromatic rings. The third kappa shape index (κ3) is 3.08. The molecule has 0 aliphatic carbocycles. The first-order valence-corrected chi connectivity index (χ1v) is 5.92. The molecule has 0 saturated heterocycles. The molecular weight excluding hydrogens is 229 g/mol. The van der Waals surface area contributed by atoms with E-state index in [0.717, 1.165) is 16.9 Å². The number of hydrogen-bond donors (Lipinski definition) is 1. The number of benzene rings is 2. The molecule has 0 aromatic heterocycles. The van der Waals surface area contributed by atoms with Crippen LogP contribution in [0.5, 0.6) is 11.5 Å². The molecule has 0 bridgehead atoms. The molecule has 2 N–H and O–H groups in total. The largest absolute Gasteiger partial charge is 0.457 e. The Morgan fingerprint density at radius 3 is 2.67 bits per heavy atom. The van der Waals surface area contributed by atoms with Crippen molar-refractivity contribution in [1.29, 1.82) is 0 Å². The van der Waals surface area contributed by atoms with Crippen molar-refractivity contribution in [2.75, 3.05) is 6.54 Å². The predicted octanol–water partition coefficient (Wildman–Crippen LogP) is 3.43. The SMILES string of the molecule is Cc1ccccc1Oc1cc(F)cc(CCN)c1. The molecule has 0 amide bonds. The van der Waals surface area contributed by atoms with Crippen LogP contribution in [0.25, 0.3) is 0 Å². The van der Waals surface area contributed by atoms with Crippen molar-refractivity contribution >= 4 is 0 Å². The maximum absolute atomic E-state index is 13.4. The Hall–Kier alpha value is -1.87. The van der Waals surface area contributed by atoms with Gasteiger partial charge in [0.1, 0.15) is 17.3 Å². The summed E-state index contributed by atoms with van der Waals surface area (Å²) in [5.74, 6) is 0.944. The van der Waals surface area contributed by atoms with Gasteiger partial charge in [-0.3, -0.25) is 0 Å². The van der Waals surface area contributed by atoms with E-state index in [1.165, 1.54) is 12.1 Å². The Bertz CT molecular complexity index is 540. The molecule has 2 rings (SSSR count). The molecular formula is C15H16FNO. The summed E-state index contributed by atoms with van der Waals surface area (Å²) in [6.45, 7) is 2.45. The van der Waals surface area contributed by atoms with Crippen molar-refractivity contribution in [2.45, 2.75) is 13.3 Å². The van der Waals surface area contributed by atoms with Crippen molar-refractivity contribution in [1.82, 2.24) is 0 Å². The number of halogens is 1. The molecule has 0 saturated carbocycles. The molecule has 0 spiro atoms. The normalized spacial score (nSPS) is 10.4. The van der Waals surface area contributed by atoms with E-state index in [1.807, 2.05) is 37.3 Å². The first-order chi connectivity index (χ1) is 8.69. The monoisotopic (exact) mass is 245 g/mol. The van der Waals surface area contributed by atoms with Gasteiger partial charge in [0, 0.05) is 6.07 Å². The molecule has 2 aromatic carbocycles. The Labute approximate surface area is 106 Å². The van der Waals surface area contributed by atoms with E-state index >= 15 is 0 Å². The first kappa shape index (κ1) is 12.6. The van der Waals surface area contributed by atoms with Crippen LogP contribution in [0, 0.1) is 12.7 Å². The maximum atomic E-state index is 13.4. The summed E-state index contributed by atoms with van der Waals surface area (Å²) in [6, 6.07) is 12.3. The van der Waals surface area contributed by atoms with E-state index in [1.54, 1.807) is 0 Å². The van der Waals surface area contributed by atoms with Crippen molar-refractivity contribution in [2.24, 2.45) is 5.73 Å². The van der Waals surface area contributed by atoms with Crippen LogP contribution in [0.2, 0.25) is 0 Å². The summed E-state index contributed by atoms with van der Waals surface area (Å²) >= 11 is 0. The van der Waals surface area contributed by atoms with Crippen LogP contribution in [-0.2, 0) is 6.42 Å². The standard InChI is InChI=1S/C15H16FNO/c1-11-4-2-3-5-15(11)18-14-9-12(6-7-17)8-13(16)10-14/h2-5,8-10H,6-7,17H2,1H3. The minimum Gasteiger partial charge on any atom is -0.457 e. The number of ether oxygens (including phenoxy) is 1. The molecule has 0 fully saturated rings. The summed E-state index contributed by atoms with van der Waals surface area (Å²) in [6.07, 6.45) is 0.641. The highest BCUT2D eigenvalue weighted by molar-refractivity contribution is 5.38. The lowest BCUT2D eigenvalue weighted by Crippen LogP contribution is -2.03. The highest BCUT2D eigenvalue weighted by Gasteiger charge is 2.04. The van der Waals surface area contributed by atoms with Gasteiger partial charge in [0.05, 0.1) is 0 Å². The highest BCUT2D eigenvalue weighted by Crippen LogP contribution is 2.26. The molecule has 0 unspecified atom stereocenters. The molecule has 0 radical (unpaired) electrons. The molecule has 3 heteroatoms. The fourth-order valence-electron chi connectivity index (χ4n) is 1.79. The fraction of sp³-hybridized carbons (Fsp3) is 0.200. The third-order valence-electron chi connectivity index (χ3n) is 2.69. The summed E-state index contributed by atoms with van der Waals surface area (Å²) < 4.78 is 19.1. The minimum atomic E-state index is -0.301. The van der Waals surface area contributed by atoms with Crippen LogP contribution in [-0.4, -0.2) is 6.54 Å². The summed E-state index contributed by atoms with van der Waals surface area (Å²) in [7, 11) is 0. The zero-order valence-electron chi connectivity index (χ0n) is 10.3. The van der Waals surface area contributed by atoms with Crippen LogP contribution < -0.4 is 10.5 Å². The van der Waals surface area contributed by atoms with Gasteiger partial charge in [-0.05, 0) is 49.2 Å². The zero-order valence-corrected chi connectivity index (χ0v) is 10.3. The second-order valence-corrected chi connectivity index (χ2v) is 4.20. The molecule has 0 heterocycles. The molecule has 2 nitrogen and oxygen atoms in total. The van der Waals surface area contributed by atoms with E-state index in [2.05, 4.69) is 0 Å². The van der Waals surface area contributed by atoms with E-state index in [9.17, 15) is 4.39 Å². The van der Waals surface area contributed by atoms with Gasteiger partial charge in [0.2, 0.25) is 0 Å². The van der Waals surface area contributed by atoms with Gasteiger partial charge < -0.3 is 10.5 Å². The van der Waals surface area contributed by atoms with Gasteiger partial charge in [-0.25, -0.2) is 4.39 Å². The maximum Gasteiger partial charge on any atom is 0.130 e. The average molecular weight is 245 g/mol. The first-order valence-electron chi connectivity index (χ1n) is 5.92. The summed E-state index contributed by atoms with van der Waals surface area (Å²) in [4.78, 5) is 0. The van der Waals surface area contributed by atoms with Gasteiger partial charge in [0.15, 0.2) is 0 Å². The number of para-hydroxylation sites is 1. The molecule has 0 aliphatic heterocycles. The molecule has 94 valence electrons. The van der Waals surface area contributed by atoms with Crippen molar-refractivity contribution < 1.29 is 9.13 Å². The van der Waals surface area contributed by atoms with Gasteiger partial charge >= 0.3 is 0 Å². The second kappa shape index (κ2) is 5.65. The summed E-state index contributed by atoms with van der Waals surface area (Å²) in [5, 5.41) is 0. The smallest absolute Gasteiger partial charge is 0.130 e. The van der Waals surface area contributed by atoms with E-state index in [0.29, 0.717) is 18.7 Å². The van der Waals surface area contributed by atoms with E-state index in [4.69, 9.17) is 10.5 Å². The van der Waals surface area contributed by atoms with Crippen molar-refractivity contribution in [3.8, 4) is 11.5 Å². The summed E-state index contributed by atoms with van der Waals surface area (Å²) in [5.41, 5.74) is 7.34. The Kier molecular flexibility index (Phi) is 3.95. The van der Waals surface area contributed by atoms with Gasteiger partial charge in [-0.1, -0.05) is 18.2 Å². The lowest BCUT2D eigenvalue weighted by molar-refractivity contribution is 0.472. The van der Waals surface area contributed by atoms with Crippen molar-refractivity contribution in [3.05, 3.63) is 59.4 Å². The lowest BCUT2D eigenvalue weighted by atomic mass is 10.1. The predicted molar refractivity (Wildman–Crippen MR) is 70.4 cm³/mol. The van der Waals surface area contributed by atoms with Crippen LogP contribution >= 0.6 is 0 Å². The number of nitrogens with two attached hydrogens (primary N) is 1. The number of aryl methyl sites for hydroxylation is 1. The van der Waals surface area contributed by atoms with Gasteiger partial charge in [0.25, 0.3) is 0 Å². The molecule has 0 atom stereocenters. The van der Waals surface area contributed by atoms with Crippen LogP contribution in [0.4, 0.5) is 4.39 Å². The van der Waals surface area contributed by atoms with Crippen LogP contribution in [0.15, 0.2) is 42.5 Å². The Balaban J connectivity index is 2.26. The molecule has 0 aliphatic rings. The third-order valence-corrected chi connectivity index (χ3v) is 2.69. The lowest BCUT2D eigenvalue weighted by Gasteiger charge is -2.10. The zero-order chi connectivity index (χ0) is 13.0. The minimum absolute atomic E-state index is 0.301.